The van der Waals surface area contributed by atoms with Crippen molar-refractivity contribution in [1.82, 2.24) is 9.88 Å². The molecule has 2 amide bonds. The third-order valence-corrected chi connectivity index (χ3v) is 6.29. The number of carbonyl (C=O) groups is 2. The second-order valence-corrected chi connectivity index (χ2v) is 9.02. The molecule has 1 aliphatic carbocycles. The van der Waals surface area contributed by atoms with Crippen LogP contribution in [0.25, 0.3) is 11.0 Å². The number of benzene rings is 1. The number of aryl methyl sites for hydroxylation is 1. The highest BCUT2D eigenvalue weighted by molar-refractivity contribution is 6.30. The zero-order chi connectivity index (χ0) is 22.8. The summed E-state index contributed by atoms with van der Waals surface area (Å²) in [5.41, 5.74) is 1.94. The Morgan fingerprint density at radius 3 is 2.50 bits per heavy atom. The van der Waals surface area contributed by atoms with Gasteiger partial charge in [-0.3, -0.25) is 9.59 Å². The molecule has 4 rings (SSSR count). The number of furan rings is 1. The maximum absolute atomic E-state index is 13.1. The van der Waals surface area contributed by atoms with E-state index in [4.69, 9.17) is 16.0 Å². The van der Waals surface area contributed by atoms with Gasteiger partial charge < -0.3 is 20.0 Å². The van der Waals surface area contributed by atoms with Gasteiger partial charge in [-0.15, -0.1) is 0 Å². The summed E-state index contributed by atoms with van der Waals surface area (Å²) in [6.07, 6.45) is 5.05. The van der Waals surface area contributed by atoms with E-state index in [1.807, 2.05) is 25.1 Å². The number of carbonyl (C=O) groups excluding carboxylic acids is 2. The fourth-order valence-electron chi connectivity index (χ4n) is 4.19. The largest absolute Gasteiger partial charge is 0.449 e. The highest BCUT2D eigenvalue weighted by Crippen LogP contribution is 2.34. The van der Waals surface area contributed by atoms with Crippen LogP contribution in [0.2, 0.25) is 5.02 Å². The molecule has 0 aliphatic heterocycles. The fourth-order valence-corrected chi connectivity index (χ4v) is 4.30. The SMILES string of the molecule is Cc1ccc2c(NC(=O)[C@H]3CC[C@H](N(C)C)CC3)c(C(=O)Nc3ccc(Cl)cn3)oc2c1. The molecule has 2 N–H and O–H groups in total. The molecule has 0 radical (unpaired) electrons. The van der Waals surface area contributed by atoms with Crippen molar-refractivity contribution in [2.45, 2.75) is 38.6 Å². The Hall–Kier alpha value is -2.90. The molecule has 168 valence electrons. The molecule has 0 bridgehead atoms. The molecule has 0 saturated heterocycles. The fraction of sp³-hybridized carbons (Fsp3) is 0.375. The van der Waals surface area contributed by atoms with Gasteiger partial charge in [-0.2, -0.15) is 0 Å². The summed E-state index contributed by atoms with van der Waals surface area (Å²) in [6.45, 7) is 1.95. The van der Waals surface area contributed by atoms with Gasteiger partial charge in [0.15, 0.2) is 0 Å². The summed E-state index contributed by atoms with van der Waals surface area (Å²) < 4.78 is 5.89. The molecular formula is C24H27ClN4O3. The Bertz CT molecular complexity index is 1130. The first kappa shape index (κ1) is 22.3. The summed E-state index contributed by atoms with van der Waals surface area (Å²) in [5.74, 6) is -0.257. The maximum Gasteiger partial charge on any atom is 0.294 e. The zero-order valence-corrected chi connectivity index (χ0v) is 19.2. The third kappa shape index (κ3) is 4.79. The average Bonchev–Trinajstić information content (AvgIpc) is 3.12. The Morgan fingerprint density at radius 1 is 1.09 bits per heavy atom. The molecule has 0 unspecified atom stereocenters. The van der Waals surface area contributed by atoms with Crippen molar-refractivity contribution in [3.63, 3.8) is 0 Å². The standard InChI is InChI=1S/C24H27ClN4O3/c1-14-4-10-18-19(12-14)32-22(24(31)27-20-11-7-16(25)13-26-20)21(18)28-23(30)15-5-8-17(9-6-15)29(2)3/h4,7,10-13,15,17H,5-6,8-9H2,1-3H3,(H,28,30)(H,26,27,31)/t15-,17-. The van der Waals surface area contributed by atoms with Crippen molar-refractivity contribution in [2.75, 3.05) is 24.7 Å². The predicted molar refractivity (Wildman–Crippen MR) is 126 cm³/mol. The molecule has 1 aromatic carbocycles. The Morgan fingerprint density at radius 2 is 1.84 bits per heavy atom. The van der Waals surface area contributed by atoms with Crippen LogP contribution in [0.3, 0.4) is 0 Å². The first-order valence-electron chi connectivity index (χ1n) is 10.7. The number of aromatic nitrogens is 1. The van der Waals surface area contributed by atoms with Gasteiger partial charge in [0.25, 0.3) is 5.91 Å². The van der Waals surface area contributed by atoms with E-state index in [2.05, 4.69) is 34.6 Å². The molecule has 7 nitrogen and oxygen atoms in total. The normalized spacial score (nSPS) is 18.7. The van der Waals surface area contributed by atoms with Gasteiger partial charge in [0, 0.05) is 23.5 Å². The Labute approximate surface area is 192 Å². The summed E-state index contributed by atoms with van der Waals surface area (Å²) in [7, 11) is 4.15. The van der Waals surface area contributed by atoms with E-state index in [1.165, 1.54) is 6.20 Å². The number of amides is 2. The van der Waals surface area contributed by atoms with Gasteiger partial charge in [-0.25, -0.2) is 4.98 Å². The number of nitrogens with one attached hydrogen (secondary N) is 2. The van der Waals surface area contributed by atoms with E-state index in [0.717, 1.165) is 31.2 Å². The van der Waals surface area contributed by atoms with Crippen LogP contribution in [-0.2, 0) is 4.79 Å². The summed E-state index contributed by atoms with van der Waals surface area (Å²) in [4.78, 5) is 32.4. The number of rotatable bonds is 5. The highest BCUT2D eigenvalue weighted by Gasteiger charge is 2.30. The van der Waals surface area contributed by atoms with Crippen LogP contribution in [-0.4, -0.2) is 41.8 Å². The molecule has 32 heavy (non-hydrogen) atoms. The Kier molecular flexibility index (Phi) is 6.48. The number of nitrogens with zero attached hydrogens (tertiary/aromatic N) is 2. The Balaban J connectivity index is 1.59. The lowest BCUT2D eigenvalue weighted by Gasteiger charge is -2.31. The van der Waals surface area contributed by atoms with Crippen molar-refractivity contribution in [3.05, 3.63) is 52.9 Å². The lowest BCUT2D eigenvalue weighted by molar-refractivity contribution is -0.121. The summed E-state index contributed by atoms with van der Waals surface area (Å²) >= 11 is 5.87. The molecule has 0 spiro atoms. The number of pyridine rings is 1. The van der Waals surface area contributed by atoms with Gasteiger partial charge in [0.1, 0.15) is 17.1 Å². The van der Waals surface area contributed by atoms with Crippen molar-refractivity contribution >= 4 is 45.9 Å². The van der Waals surface area contributed by atoms with Crippen molar-refractivity contribution in [1.29, 1.82) is 0 Å². The second-order valence-electron chi connectivity index (χ2n) is 8.58. The number of fused-ring (bicyclic) bond motifs is 1. The predicted octanol–water partition coefficient (Wildman–Crippen LogP) is 5.10. The number of hydrogen-bond donors (Lipinski definition) is 2. The molecule has 8 heteroatoms. The van der Waals surface area contributed by atoms with Crippen LogP contribution in [0.5, 0.6) is 0 Å². The van der Waals surface area contributed by atoms with E-state index in [9.17, 15) is 9.59 Å². The number of halogens is 1. The quantitative estimate of drug-likeness (QED) is 0.560. The topological polar surface area (TPSA) is 87.5 Å². The third-order valence-electron chi connectivity index (χ3n) is 6.07. The molecule has 1 saturated carbocycles. The minimum Gasteiger partial charge on any atom is -0.449 e. The lowest BCUT2D eigenvalue weighted by atomic mass is 9.85. The minimum absolute atomic E-state index is 0.0534. The van der Waals surface area contributed by atoms with E-state index in [1.54, 1.807) is 12.1 Å². The van der Waals surface area contributed by atoms with Gasteiger partial charge >= 0.3 is 0 Å². The molecule has 1 fully saturated rings. The molecule has 1 aliphatic rings. The molecule has 0 atom stereocenters. The molecule has 3 aromatic rings. The highest BCUT2D eigenvalue weighted by atomic mass is 35.5. The number of hydrogen-bond acceptors (Lipinski definition) is 5. The second kappa shape index (κ2) is 9.30. The van der Waals surface area contributed by atoms with Crippen LogP contribution in [0.4, 0.5) is 11.5 Å². The van der Waals surface area contributed by atoms with Crippen LogP contribution >= 0.6 is 11.6 Å². The van der Waals surface area contributed by atoms with E-state index in [0.29, 0.717) is 33.5 Å². The molecular weight excluding hydrogens is 428 g/mol. The number of anilines is 2. The van der Waals surface area contributed by atoms with Crippen molar-refractivity contribution in [2.24, 2.45) is 5.92 Å². The first-order valence-corrected chi connectivity index (χ1v) is 11.1. The summed E-state index contributed by atoms with van der Waals surface area (Å²) in [6, 6.07) is 9.39. The van der Waals surface area contributed by atoms with E-state index >= 15 is 0 Å². The molecule has 2 aromatic heterocycles. The monoisotopic (exact) mass is 454 g/mol. The summed E-state index contributed by atoms with van der Waals surface area (Å²) in [5, 5.41) is 6.87. The van der Waals surface area contributed by atoms with Crippen LogP contribution < -0.4 is 10.6 Å². The van der Waals surface area contributed by atoms with Gasteiger partial charge in [-0.1, -0.05) is 17.7 Å². The lowest BCUT2D eigenvalue weighted by Crippen LogP contribution is -2.35. The van der Waals surface area contributed by atoms with Crippen molar-refractivity contribution in [3.8, 4) is 0 Å². The average molecular weight is 455 g/mol. The maximum atomic E-state index is 13.1. The van der Waals surface area contributed by atoms with Crippen molar-refractivity contribution < 1.29 is 14.0 Å². The smallest absolute Gasteiger partial charge is 0.294 e. The molecule has 2 heterocycles. The van der Waals surface area contributed by atoms with Crippen LogP contribution in [0.1, 0.15) is 41.8 Å². The first-order chi connectivity index (χ1) is 15.3. The van der Waals surface area contributed by atoms with Gasteiger partial charge in [0.05, 0.1) is 5.02 Å². The minimum atomic E-state index is -0.486. The van der Waals surface area contributed by atoms with Gasteiger partial charge in [0.2, 0.25) is 11.7 Å². The van der Waals surface area contributed by atoms with Crippen LogP contribution in [0, 0.1) is 12.8 Å². The van der Waals surface area contributed by atoms with Gasteiger partial charge in [-0.05, 0) is 76.5 Å². The van der Waals surface area contributed by atoms with E-state index < -0.39 is 5.91 Å². The zero-order valence-electron chi connectivity index (χ0n) is 18.4. The van der Waals surface area contributed by atoms with Crippen LogP contribution in [0.15, 0.2) is 40.9 Å². The van der Waals surface area contributed by atoms with E-state index in [-0.39, 0.29) is 17.6 Å².